The summed E-state index contributed by atoms with van der Waals surface area (Å²) in [7, 11) is 7.25. The zero-order valence-corrected chi connectivity index (χ0v) is 24.7. The van der Waals surface area contributed by atoms with E-state index in [2.05, 4.69) is 0 Å². The Kier molecular flexibility index (Phi) is 9.44. The molecule has 2 aromatic rings. The molecule has 40 heavy (non-hydrogen) atoms. The Hall–Kier alpha value is -4.08. The van der Waals surface area contributed by atoms with Gasteiger partial charge in [0.2, 0.25) is 11.5 Å². The highest BCUT2D eigenvalue weighted by molar-refractivity contribution is 5.90. The normalized spacial score (nSPS) is 20.2. The van der Waals surface area contributed by atoms with Crippen LogP contribution in [0.3, 0.4) is 0 Å². The Bertz CT molecular complexity index is 1310. The highest BCUT2D eigenvalue weighted by Crippen LogP contribution is 2.59. The summed E-state index contributed by atoms with van der Waals surface area (Å²) in [5, 5.41) is 11.8. The van der Waals surface area contributed by atoms with E-state index in [0.29, 0.717) is 28.0 Å². The van der Waals surface area contributed by atoms with Crippen LogP contribution in [-0.2, 0) is 19.1 Å². The molecule has 218 valence electrons. The fourth-order valence-corrected chi connectivity index (χ4v) is 5.10. The molecule has 1 N–H and O–H groups in total. The van der Waals surface area contributed by atoms with Crippen molar-refractivity contribution in [1.29, 1.82) is 0 Å². The number of rotatable bonds is 8. The van der Waals surface area contributed by atoms with Crippen LogP contribution >= 0.6 is 0 Å². The van der Waals surface area contributed by atoms with Gasteiger partial charge in [-0.3, -0.25) is 4.79 Å². The topological polar surface area (TPSA) is 119 Å². The molecule has 10 heteroatoms. The summed E-state index contributed by atoms with van der Waals surface area (Å²) in [6, 6.07) is 3.37. The summed E-state index contributed by atoms with van der Waals surface area (Å²) >= 11 is 0. The van der Waals surface area contributed by atoms with Crippen molar-refractivity contribution in [1.82, 2.24) is 0 Å². The van der Waals surface area contributed by atoms with Crippen LogP contribution < -0.4 is 23.7 Å². The number of phenolic OH excluding ortho intramolecular Hbond substituents is 1. The third-order valence-corrected chi connectivity index (χ3v) is 7.46. The summed E-state index contributed by atoms with van der Waals surface area (Å²) < 4.78 is 40.2. The maximum absolute atomic E-state index is 13.1. The van der Waals surface area contributed by atoms with Crippen molar-refractivity contribution in [3.05, 3.63) is 34.9 Å². The van der Waals surface area contributed by atoms with Gasteiger partial charge in [-0.05, 0) is 26.0 Å². The van der Waals surface area contributed by atoms with Crippen LogP contribution in [0.4, 0.5) is 0 Å². The Morgan fingerprint density at radius 2 is 1.20 bits per heavy atom. The molecule has 0 saturated heterocycles. The minimum absolute atomic E-state index is 0.0593. The predicted molar refractivity (Wildman–Crippen MR) is 147 cm³/mol. The van der Waals surface area contributed by atoms with Crippen molar-refractivity contribution in [3.8, 4) is 45.6 Å². The number of aromatic hydroxyl groups is 1. The predicted octanol–water partition coefficient (Wildman–Crippen LogP) is 5.54. The molecule has 0 heterocycles. The molecule has 0 radical (unpaired) electrons. The van der Waals surface area contributed by atoms with Crippen LogP contribution in [0.25, 0.3) is 11.1 Å². The summed E-state index contributed by atoms with van der Waals surface area (Å²) in [6.07, 6.45) is -0.0910. The molecule has 3 rings (SSSR count). The van der Waals surface area contributed by atoms with Gasteiger partial charge in [-0.15, -0.1) is 0 Å². The molecule has 1 aliphatic carbocycles. The number of phenols is 1. The number of allylic oxidation sites excluding steroid dienone is 1. The van der Waals surface area contributed by atoms with E-state index in [0.717, 1.165) is 0 Å². The SMILES string of the molecule is C/C=C(\C)C(=O)O[C@@H]1c2cc(OC)c(OC)c(O)c2-c2c(cc(OC)c(OC)c2OC)[C@@H](OC(C)=O)[C@H](C)[C@@H]1C. The largest absolute Gasteiger partial charge is 0.504 e. The van der Waals surface area contributed by atoms with Crippen molar-refractivity contribution < 1.29 is 47.9 Å². The number of ether oxygens (including phenoxy) is 7. The first-order valence-electron chi connectivity index (χ1n) is 12.8. The van der Waals surface area contributed by atoms with E-state index < -0.39 is 36.0 Å². The minimum atomic E-state index is -0.901. The first-order chi connectivity index (χ1) is 19.0. The van der Waals surface area contributed by atoms with Gasteiger partial charge in [-0.2, -0.15) is 0 Å². The standard InChI is InChI=1S/C30H38O10/c1-11-14(2)30(33)40-26-16(4)15(3)25(39-17(5)31)19-13-21(35-7)28(37-9)29(38-10)23(19)22-18(26)12-20(34-6)27(36-8)24(22)32/h11-13,15-16,25-26,32H,1-10H3/b14-11+/t15-,16+,25+,26+/m1/s1. The van der Waals surface area contributed by atoms with E-state index >= 15 is 0 Å². The lowest BCUT2D eigenvalue weighted by Gasteiger charge is -2.38. The first kappa shape index (κ1) is 30.5. The quantitative estimate of drug-likeness (QED) is 0.327. The van der Waals surface area contributed by atoms with E-state index in [4.69, 9.17) is 33.2 Å². The second kappa shape index (κ2) is 12.4. The lowest BCUT2D eigenvalue weighted by Crippen LogP contribution is -2.31. The minimum Gasteiger partial charge on any atom is -0.504 e. The smallest absolute Gasteiger partial charge is 0.333 e. The molecule has 0 aliphatic heterocycles. The fourth-order valence-electron chi connectivity index (χ4n) is 5.10. The molecule has 0 amide bonds. The highest BCUT2D eigenvalue weighted by atomic mass is 16.6. The first-order valence-corrected chi connectivity index (χ1v) is 12.8. The van der Waals surface area contributed by atoms with Gasteiger partial charge >= 0.3 is 11.9 Å². The molecule has 0 saturated carbocycles. The fraction of sp³-hybridized carbons (Fsp3) is 0.467. The zero-order chi connectivity index (χ0) is 29.9. The molecule has 2 aromatic carbocycles. The summed E-state index contributed by atoms with van der Waals surface area (Å²) in [5.41, 5.74) is 1.97. The summed E-state index contributed by atoms with van der Waals surface area (Å²) in [5.74, 6) is -1.03. The molecule has 1 aliphatic rings. The average Bonchev–Trinajstić information content (AvgIpc) is 2.95. The van der Waals surface area contributed by atoms with Gasteiger partial charge in [-0.25, -0.2) is 4.79 Å². The van der Waals surface area contributed by atoms with Crippen LogP contribution in [0.15, 0.2) is 23.8 Å². The van der Waals surface area contributed by atoms with Gasteiger partial charge in [0.15, 0.2) is 23.0 Å². The number of hydrogen-bond donors (Lipinski definition) is 1. The number of esters is 2. The second-order valence-corrected chi connectivity index (χ2v) is 9.58. The molecule has 4 atom stereocenters. The number of carbonyl (C=O) groups is 2. The number of benzene rings is 2. The van der Waals surface area contributed by atoms with Gasteiger partial charge in [0.25, 0.3) is 0 Å². The Morgan fingerprint density at radius 3 is 1.65 bits per heavy atom. The van der Waals surface area contributed by atoms with Gasteiger partial charge in [-0.1, -0.05) is 19.9 Å². The molecular weight excluding hydrogens is 520 g/mol. The number of fused-ring (bicyclic) bond motifs is 3. The van der Waals surface area contributed by atoms with E-state index in [-0.39, 0.29) is 34.3 Å². The maximum Gasteiger partial charge on any atom is 0.333 e. The lowest BCUT2D eigenvalue weighted by atomic mass is 9.74. The summed E-state index contributed by atoms with van der Waals surface area (Å²) in [6.45, 7) is 8.51. The molecule has 0 bridgehead atoms. The molecule has 10 nitrogen and oxygen atoms in total. The van der Waals surface area contributed by atoms with Crippen LogP contribution in [0.5, 0.6) is 34.5 Å². The van der Waals surface area contributed by atoms with E-state index in [1.165, 1.54) is 42.5 Å². The highest BCUT2D eigenvalue weighted by Gasteiger charge is 2.43. The van der Waals surface area contributed by atoms with Crippen molar-refractivity contribution in [2.75, 3.05) is 35.5 Å². The third kappa shape index (κ3) is 5.22. The molecule has 0 aromatic heterocycles. The third-order valence-electron chi connectivity index (χ3n) is 7.46. The monoisotopic (exact) mass is 558 g/mol. The van der Waals surface area contributed by atoms with Gasteiger partial charge < -0.3 is 38.3 Å². The van der Waals surface area contributed by atoms with Crippen molar-refractivity contribution in [3.63, 3.8) is 0 Å². The van der Waals surface area contributed by atoms with Crippen molar-refractivity contribution in [2.45, 2.75) is 46.8 Å². The molecular formula is C30H38O10. The Morgan fingerprint density at radius 1 is 0.725 bits per heavy atom. The van der Waals surface area contributed by atoms with Crippen LogP contribution in [-0.4, -0.2) is 52.6 Å². The van der Waals surface area contributed by atoms with Crippen LogP contribution in [0.1, 0.15) is 58.0 Å². The Labute approximate surface area is 234 Å². The maximum atomic E-state index is 13.1. The summed E-state index contributed by atoms with van der Waals surface area (Å²) in [4.78, 5) is 25.5. The average molecular weight is 559 g/mol. The van der Waals surface area contributed by atoms with E-state index in [1.54, 1.807) is 32.1 Å². The van der Waals surface area contributed by atoms with E-state index in [9.17, 15) is 14.7 Å². The zero-order valence-electron chi connectivity index (χ0n) is 24.7. The van der Waals surface area contributed by atoms with Gasteiger partial charge in [0.05, 0.1) is 35.5 Å². The van der Waals surface area contributed by atoms with Crippen LogP contribution in [0.2, 0.25) is 0 Å². The lowest BCUT2D eigenvalue weighted by molar-refractivity contribution is -0.157. The number of methoxy groups -OCH3 is 5. The van der Waals surface area contributed by atoms with Gasteiger partial charge in [0, 0.05) is 46.6 Å². The van der Waals surface area contributed by atoms with Crippen LogP contribution in [0, 0.1) is 11.8 Å². The molecule has 0 fully saturated rings. The molecule has 0 spiro atoms. The number of hydrogen-bond acceptors (Lipinski definition) is 10. The molecule has 0 unspecified atom stereocenters. The number of carbonyl (C=O) groups excluding carboxylic acids is 2. The second-order valence-electron chi connectivity index (χ2n) is 9.58. The van der Waals surface area contributed by atoms with Crippen molar-refractivity contribution >= 4 is 11.9 Å². The Balaban J connectivity index is 2.62. The van der Waals surface area contributed by atoms with Gasteiger partial charge in [0.1, 0.15) is 12.2 Å². The van der Waals surface area contributed by atoms with Crippen molar-refractivity contribution in [2.24, 2.45) is 11.8 Å². The van der Waals surface area contributed by atoms with E-state index in [1.807, 2.05) is 13.8 Å².